The van der Waals surface area contributed by atoms with E-state index in [1.165, 1.54) is 0 Å². The first-order valence-corrected chi connectivity index (χ1v) is 6.16. The lowest BCUT2D eigenvalue weighted by molar-refractivity contribution is 0.229. The van der Waals surface area contributed by atoms with Crippen LogP contribution in [0.3, 0.4) is 0 Å². The Morgan fingerprint density at radius 2 is 2.00 bits per heavy atom. The monoisotopic (exact) mass is 244 g/mol. The molecule has 2 aromatic heterocycles. The van der Waals surface area contributed by atoms with E-state index < -0.39 is 0 Å². The molecule has 1 aliphatic rings. The second-order valence-corrected chi connectivity index (χ2v) is 5.02. The van der Waals surface area contributed by atoms with Crippen LogP contribution in [0.4, 0.5) is 0 Å². The maximum Gasteiger partial charge on any atom is 0.259 e. The standard InChI is InChI=1S/C13H16N4O/c1-8-4-5-10(9(2)15-8)11-16-12(17-18-11)13(14)6-3-7-13/h4-5H,3,6-7,14H2,1-2H3. The predicted molar refractivity (Wildman–Crippen MR) is 66.7 cm³/mol. The van der Waals surface area contributed by atoms with Gasteiger partial charge in [0.15, 0.2) is 5.82 Å². The minimum absolute atomic E-state index is 0.381. The number of hydrogen-bond donors (Lipinski definition) is 1. The minimum atomic E-state index is -0.381. The van der Waals surface area contributed by atoms with Crippen molar-refractivity contribution in [2.75, 3.05) is 0 Å². The highest BCUT2D eigenvalue weighted by molar-refractivity contribution is 5.56. The number of hydrogen-bond acceptors (Lipinski definition) is 5. The molecular formula is C13H16N4O. The molecule has 5 nitrogen and oxygen atoms in total. The fourth-order valence-electron chi connectivity index (χ4n) is 2.23. The second kappa shape index (κ2) is 3.88. The summed E-state index contributed by atoms with van der Waals surface area (Å²) in [6.45, 7) is 3.90. The zero-order valence-corrected chi connectivity index (χ0v) is 10.6. The van der Waals surface area contributed by atoms with Crippen molar-refractivity contribution in [1.82, 2.24) is 15.1 Å². The van der Waals surface area contributed by atoms with Gasteiger partial charge in [-0.1, -0.05) is 5.16 Å². The Hall–Kier alpha value is -1.75. The predicted octanol–water partition coefficient (Wildman–Crippen LogP) is 2.09. The van der Waals surface area contributed by atoms with E-state index in [0.29, 0.717) is 11.7 Å². The van der Waals surface area contributed by atoms with Gasteiger partial charge in [0.25, 0.3) is 5.89 Å². The zero-order valence-electron chi connectivity index (χ0n) is 10.6. The van der Waals surface area contributed by atoms with Crippen molar-refractivity contribution < 1.29 is 4.52 Å². The summed E-state index contributed by atoms with van der Waals surface area (Å²) in [4.78, 5) is 8.82. The first-order valence-electron chi connectivity index (χ1n) is 6.16. The minimum Gasteiger partial charge on any atom is -0.334 e. The average Bonchev–Trinajstić information content (AvgIpc) is 2.75. The topological polar surface area (TPSA) is 77.8 Å². The molecule has 0 aliphatic heterocycles. The first-order chi connectivity index (χ1) is 8.58. The van der Waals surface area contributed by atoms with Crippen LogP contribution >= 0.6 is 0 Å². The fourth-order valence-corrected chi connectivity index (χ4v) is 2.23. The molecule has 0 spiro atoms. The van der Waals surface area contributed by atoms with Gasteiger partial charge in [-0.25, -0.2) is 0 Å². The Morgan fingerprint density at radius 3 is 2.61 bits per heavy atom. The Kier molecular flexibility index (Phi) is 2.45. The van der Waals surface area contributed by atoms with Crippen molar-refractivity contribution >= 4 is 0 Å². The molecule has 2 N–H and O–H groups in total. The van der Waals surface area contributed by atoms with E-state index in [2.05, 4.69) is 15.1 Å². The average molecular weight is 244 g/mol. The first kappa shape index (κ1) is 11.3. The van der Waals surface area contributed by atoms with Crippen molar-refractivity contribution in [3.63, 3.8) is 0 Å². The van der Waals surface area contributed by atoms with Crippen molar-refractivity contribution in [3.05, 3.63) is 29.3 Å². The molecule has 2 heterocycles. The third-order valence-electron chi connectivity index (χ3n) is 3.57. The maximum atomic E-state index is 6.18. The molecule has 0 bridgehead atoms. The molecule has 0 amide bonds. The molecule has 0 atom stereocenters. The van der Waals surface area contributed by atoms with Gasteiger partial charge < -0.3 is 10.3 Å². The van der Waals surface area contributed by atoms with Gasteiger partial charge in [-0.3, -0.25) is 4.98 Å². The van der Waals surface area contributed by atoms with Crippen LogP contribution in [0.15, 0.2) is 16.7 Å². The van der Waals surface area contributed by atoms with Crippen LogP contribution in [0, 0.1) is 13.8 Å². The number of nitrogens with zero attached hydrogens (tertiary/aromatic N) is 3. The van der Waals surface area contributed by atoms with Gasteiger partial charge in [0.05, 0.1) is 16.8 Å². The molecule has 1 fully saturated rings. The molecule has 2 aromatic rings. The molecule has 0 radical (unpaired) electrons. The second-order valence-electron chi connectivity index (χ2n) is 5.02. The number of nitrogens with two attached hydrogens (primary N) is 1. The number of aromatic nitrogens is 3. The lowest BCUT2D eigenvalue weighted by Crippen LogP contribution is -2.44. The highest BCUT2D eigenvalue weighted by Gasteiger charge is 2.39. The van der Waals surface area contributed by atoms with Crippen LogP contribution in [0.2, 0.25) is 0 Å². The summed E-state index contributed by atoms with van der Waals surface area (Å²) in [5, 5.41) is 4.01. The molecule has 0 unspecified atom stereocenters. The largest absolute Gasteiger partial charge is 0.334 e. The van der Waals surface area contributed by atoms with Gasteiger partial charge in [-0.2, -0.15) is 4.98 Å². The van der Waals surface area contributed by atoms with Gasteiger partial charge in [-0.05, 0) is 45.2 Å². The van der Waals surface area contributed by atoms with E-state index in [1.54, 1.807) is 0 Å². The Morgan fingerprint density at radius 1 is 1.22 bits per heavy atom. The summed E-state index contributed by atoms with van der Waals surface area (Å²) < 4.78 is 5.31. The van der Waals surface area contributed by atoms with Crippen molar-refractivity contribution in [2.45, 2.75) is 38.6 Å². The summed E-state index contributed by atoms with van der Waals surface area (Å²) in [6.07, 6.45) is 2.99. The highest BCUT2D eigenvalue weighted by Crippen LogP contribution is 2.37. The normalized spacial score (nSPS) is 17.5. The quantitative estimate of drug-likeness (QED) is 0.875. The van der Waals surface area contributed by atoms with Crippen LogP contribution < -0.4 is 5.73 Å². The van der Waals surface area contributed by atoms with E-state index in [9.17, 15) is 0 Å². The third-order valence-corrected chi connectivity index (χ3v) is 3.57. The van der Waals surface area contributed by atoms with Crippen molar-refractivity contribution in [2.24, 2.45) is 5.73 Å². The highest BCUT2D eigenvalue weighted by atomic mass is 16.5. The summed E-state index contributed by atoms with van der Waals surface area (Å²) in [5.41, 5.74) is 8.54. The molecule has 0 aromatic carbocycles. The van der Waals surface area contributed by atoms with Gasteiger partial charge >= 0.3 is 0 Å². The van der Waals surface area contributed by atoms with Crippen LogP contribution in [0.25, 0.3) is 11.5 Å². The number of rotatable bonds is 2. The SMILES string of the molecule is Cc1ccc(-c2nc(C3(N)CCC3)no2)c(C)n1. The number of aryl methyl sites for hydroxylation is 2. The molecule has 1 saturated carbocycles. The Balaban J connectivity index is 1.97. The van der Waals surface area contributed by atoms with Gasteiger partial charge in [0, 0.05) is 5.69 Å². The Labute approximate surface area is 105 Å². The fraction of sp³-hybridized carbons (Fsp3) is 0.462. The van der Waals surface area contributed by atoms with Crippen molar-refractivity contribution in [1.29, 1.82) is 0 Å². The third kappa shape index (κ3) is 1.71. The molecule has 5 heteroatoms. The van der Waals surface area contributed by atoms with Gasteiger partial charge in [0.1, 0.15) is 0 Å². The van der Waals surface area contributed by atoms with E-state index in [-0.39, 0.29) is 5.54 Å². The smallest absolute Gasteiger partial charge is 0.259 e. The summed E-state index contributed by atoms with van der Waals surface area (Å²) in [7, 11) is 0. The van der Waals surface area contributed by atoms with Crippen LogP contribution in [-0.2, 0) is 5.54 Å². The van der Waals surface area contributed by atoms with E-state index in [0.717, 1.165) is 36.2 Å². The molecule has 94 valence electrons. The van der Waals surface area contributed by atoms with E-state index >= 15 is 0 Å². The maximum absolute atomic E-state index is 6.18. The van der Waals surface area contributed by atoms with Crippen molar-refractivity contribution in [3.8, 4) is 11.5 Å². The summed E-state index contributed by atoms with van der Waals surface area (Å²) in [5.74, 6) is 1.12. The van der Waals surface area contributed by atoms with Gasteiger partial charge in [-0.15, -0.1) is 0 Å². The lowest BCUT2D eigenvalue weighted by atomic mass is 9.77. The van der Waals surface area contributed by atoms with Gasteiger partial charge in [0.2, 0.25) is 0 Å². The Bertz CT molecular complexity index is 586. The lowest BCUT2D eigenvalue weighted by Gasteiger charge is -2.34. The zero-order chi connectivity index (χ0) is 12.8. The molecule has 1 aliphatic carbocycles. The molecule has 0 saturated heterocycles. The summed E-state index contributed by atoms with van der Waals surface area (Å²) >= 11 is 0. The van der Waals surface area contributed by atoms with Crippen LogP contribution in [0.5, 0.6) is 0 Å². The molecule has 3 rings (SSSR count). The van der Waals surface area contributed by atoms with E-state index in [1.807, 2.05) is 26.0 Å². The number of pyridine rings is 1. The summed E-state index contributed by atoms with van der Waals surface area (Å²) in [6, 6.07) is 3.90. The van der Waals surface area contributed by atoms with Crippen LogP contribution in [0.1, 0.15) is 36.5 Å². The molecule has 18 heavy (non-hydrogen) atoms. The van der Waals surface area contributed by atoms with E-state index in [4.69, 9.17) is 10.3 Å². The van der Waals surface area contributed by atoms with Crippen LogP contribution in [-0.4, -0.2) is 15.1 Å². The molecular weight excluding hydrogens is 228 g/mol.